The molecule has 0 saturated heterocycles. The summed E-state index contributed by atoms with van der Waals surface area (Å²) in [6.45, 7) is 5.23. The summed E-state index contributed by atoms with van der Waals surface area (Å²) >= 11 is 0. The average Bonchev–Trinajstić information content (AvgIpc) is 2.10. The molecule has 0 aliphatic carbocycles. The minimum Gasteiger partial charge on any atom is -0.383 e. The van der Waals surface area contributed by atoms with Crippen molar-refractivity contribution in [3.05, 3.63) is 0 Å². The molecule has 0 radical (unpaired) electrons. The molecule has 1 atom stereocenters. The summed E-state index contributed by atoms with van der Waals surface area (Å²) in [6, 6.07) is 0.521. The zero-order chi connectivity index (χ0) is 10.1. The van der Waals surface area contributed by atoms with Gasteiger partial charge in [0, 0.05) is 13.2 Å². The predicted molar refractivity (Wildman–Crippen MR) is 57.1 cm³/mol. The largest absolute Gasteiger partial charge is 0.383 e. The van der Waals surface area contributed by atoms with Crippen molar-refractivity contribution in [2.75, 3.05) is 40.9 Å². The first-order valence-electron chi connectivity index (χ1n) is 5.07. The van der Waals surface area contributed by atoms with E-state index >= 15 is 0 Å². The molecular weight excluding hydrogens is 164 g/mol. The first-order valence-corrected chi connectivity index (χ1v) is 5.07. The molecule has 0 aromatic heterocycles. The molecule has 0 saturated carbocycles. The Morgan fingerprint density at radius 1 is 1.38 bits per heavy atom. The maximum absolute atomic E-state index is 5.10. The van der Waals surface area contributed by atoms with Crippen LogP contribution in [0.2, 0.25) is 0 Å². The summed E-state index contributed by atoms with van der Waals surface area (Å²) in [5.74, 6) is 0. The molecule has 1 unspecified atom stereocenters. The van der Waals surface area contributed by atoms with Crippen molar-refractivity contribution in [1.29, 1.82) is 0 Å². The molecule has 0 aromatic rings. The Hall–Kier alpha value is -0.120. The van der Waals surface area contributed by atoms with Crippen molar-refractivity contribution in [1.82, 2.24) is 10.2 Å². The molecule has 80 valence electrons. The molecule has 0 heterocycles. The maximum Gasteiger partial charge on any atom is 0.0615 e. The van der Waals surface area contributed by atoms with Crippen molar-refractivity contribution in [2.24, 2.45) is 0 Å². The SMILES string of the molecule is CCC(COC)NCCCN(C)C. The highest BCUT2D eigenvalue weighted by Gasteiger charge is 2.03. The summed E-state index contributed by atoms with van der Waals surface area (Å²) in [6.07, 6.45) is 2.34. The van der Waals surface area contributed by atoms with Gasteiger partial charge in [0.1, 0.15) is 0 Å². The lowest BCUT2D eigenvalue weighted by atomic mass is 10.2. The van der Waals surface area contributed by atoms with Gasteiger partial charge in [0.15, 0.2) is 0 Å². The van der Waals surface area contributed by atoms with Crippen molar-refractivity contribution in [2.45, 2.75) is 25.8 Å². The van der Waals surface area contributed by atoms with Crippen LogP contribution in [-0.4, -0.2) is 51.8 Å². The van der Waals surface area contributed by atoms with Gasteiger partial charge in [0.2, 0.25) is 0 Å². The molecule has 0 aromatic carbocycles. The van der Waals surface area contributed by atoms with Gasteiger partial charge in [-0.2, -0.15) is 0 Å². The van der Waals surface area contributed by atoms with Crippen molar-refractivity contribution in [3.8, 4) is 0 Å². The Kier molecular flexibility index (Phi) is 8.40. The van der Waals surface area contributed by atoms with Gasteiger partial charge in [-0.25, -0.2) is 0 Å². The summed E-state index contributed by atoms with van der Waals surface area (Å²) in [5, 5.41) is 3.47. The summed E-state index contributed by atoms with van der Waals surface area (Å²) in [7, 11) is 5.96. The molecule has 0 aliphatic rings. The molecule has 0 amide bonds. The van der Waals surface area contributed by atoms with Crippen LogP contribution in [0.25, 0.3) is 0 Å². The highest BCUT2D eigenvalue weighted by atomic mass is 16.5. The number of nitrogens with one attached hydrogen (secondary N) is 1. The maximum atomic E-state index is 5.10. The second-order valence-corrected chi connectivity index (χ2v) is 3.67. The van der Waals surface area contributed by atoms with Crippen molar-refractivity contribution >= 4 is 0 Å². The van der Waals surface area contributed by atoms with E-state index in [1.165, 1.54) is 6.42 Å². The van der Waals surface area contributed by atoms with Gasteiger partial charge in [-0.1, -0.05) is 6.92 Å². The Morgan fingerprint density at radius 3 is 2.54 bits per heavy atom. The van der Waals surface area contributed by atoms with E-state index in [0.717, 1.165) is 26.1 Å². The molecule has 0 fully saturated rings. The van der Waals surface area contributed by atoms with Crippen molar-refractivity contribution < 1.29 is 4.74 Å². The number of hydrogen-bond donors (Lipinski definition) is 1. The Balaban J connectivity index is 3.27. The molecule has 0 aliphatic heterocycles. The van der Waals surface area contributed by atoms with E-state index in [1.807, 2.05) is 0 Å². The second-order valence-electron chi connectivity index (χ2n) is 3.67. The zero-order valence-electron chi connectivity index (χ0n) is 9.47. The molecule has 0 rings (SSSR count). The van der Waals surface area contributed by atoms with E-state index in [1.54, 1.807) is 7.11 Å². The quantitative estimate of drug-likeness (QED) is 0.574. The number of ether oxygens (including phenoxy) is 1. The van der Waals surface area contributed by atoms with Crippen LogP contribution in [0.1, 0.15) is 19.8 Å². The molecule has 0 spiro atoms. The highest BCUT2D eigenvalue weighted by molar-refractivity contribution is 4.63. The van der Waals surface area contributed by atoms with Crippen LogP contribution >= 0.6 is 0 Å². The van der Waals surface area contributed by atoms with Crippen LogP contribution in [0, 0.1) is 0 Å². The molecule has 0 bridgehead atoms. The standard InChI is InChI=1S/C10H24N2O/c1-5-10(9-13-4)11-7-6-8-12(2)3/h10-11H,5-9H2,1-4H3. The van der Waals surface area contributed by atoms with Gasteiger partial charge in [0.05, 0.1) is 6.61 Å². The lowest BCUT2D eigenvalue weighted by molar-refractivity contribution is 0.164. The van der Waals surface area contributed by atoms with Gasteiger partial charge >= 0.3 is 0 Å². The van der Waals surface area contributed by atoms with Gasteiger partial charge in [-0.05, 0) is 40.0 Å². The normalized spacial score (nSPS) is 13.6. The lowest BCUT2D eigenvalue weighted by Crippen LogP contribution is -2.34. The molecule has 13 heavy (non-hydrogen) atoms. The Bertz CT molecular complexity index is 107. The molecule has 1 N–H and O–H groups in total. The van der Waals surface area contributed by atoms with Crippen LogP contribution in [0.15, 0.2) is 0 Å². The second kappa shape index (κ2) is 8.48. The topological polar surface area (TPSA) is 24.5 Å². The van der Waals surface area contributed by atoms with Crippen LogP contribution in [-0.2, 0) is 4.74 Å². The predicted octanol–water partition coefficient (Wildman–Crippen LogP) is 0.953. The van der Waals surface area contributed by atoms with E-state index in [2.05, 4.69) is 31.2 Å². The molecular formula is C10H24N2O. The van der Waals surface area contributed by atoms with Crippen LogP contribution in [0.5, 0.6) is 0 Å². The van der Waals surface area contributed by atoms with Crippen LogP contribution < -0.4 is 5.32 Å². The fourth-order valence-corrected chi connectivity index (χ4v) is 1.22. The minimum absolute atomic E-state index is 0.521. The number of hydrogen-bond acceptors (Lipinski definition) is 3. The van der Waals surface area contributed by atoms with Gasteiger partial charge in [0.25, 0.3) is 0 Å². The van der Waals surface area contributed by atoms with E-state index < -0.39 is 0 Å². The third-order valence-corrected chi connectivity index (χ3v) is 2.08. The highest BCUT2D eigenvalue weighted by Crippen LogP contribution is 1.91. The van der Waals surface area contributed by atoms with Crippen molar-refractivity contribution in [3.63, 3.8) is 0 Å². The van der Waals surface area contributed by atoms with Crippen LogP contribution in [0.3, 0.4) is 0 Å². The summed E-state index contributed by atoms with van der Waals surface area (Å²) in [4.78, 5) is 2.21. The van der Waals surface area contributed by atoms with Gasteiger partial charge < -0.3 is 15.0 Å². The fraction of sp³-hybridized carbons (Fsp3) is 1.00. The van der Waals surface area contributed by atoms with E-state index in [0.29, 0.717) is 6.04 Å². The average molecular weight is 188 g/mol. The van der Waals surface area contributed by atoms with Gasteiger partial charge in [-0.3, -0.25) is 0 Å². The Morgan fingerprint density at radius 2 is 2.08 bits per heavy atom. The molecule has 3 heteroatoms. The first-order chi connectivity index (χ1) is 6.20. The third-order valence-electron chi connectivity index (χ3n) is 2.08. The van der Waals surface area contributed by atoms with Crippen LogP contribution in [0.4, 0.5) is 0 Å². The first kappa shape index (κ1) is 12.9. The van der Waals surface area contributed by atoms with E-state index in [4.69, 9.17) is 4.74 Å². The number of methoxy groups -OCH3 is 1. The molecule has 3 nitrogen and oxygen atoms in total. The zero-order valence-corrected chi connectivity index (χ0v) is 9.47. The summed E-state index contributed by atoms with van der Waals surface area (Å²) < 4.78 is 5.10. The fourth-order valence-electron chi connectivity index (χ4n) is 1.22. The Labute approximate surface area is 82.4 Å². The monoisotopic (exact) mass is 188 g/mol. The lowest BCUT2D eigenvalue weighted by Gasteiger charge is -2.16. The smallest absolute Gasteiger partial charge is 0.0615 e. The van der Waals surface area contributed by atoms with Gasteiger partial charge in [-0.15, -0.1) is 0 Å². The number of nitrogens with zero attached hydrogens (tertiary/aromatic N) is 1. The number of rotatable bonds is 8. The summed E-state index contributed by atoms with van der Waals surface area (Å²) in [5.41, 5.74) is 0. The van der Waals surface area contributed by atoms with E-state index in [-0.39, 0.29) is 0 Å². The third kappa shape index (κ3) is 8.22. The van der Waals surface area contributed by atoms with E-state index in [9.17, 15) is 0 Å². The minimum atomic E-state index is 0.521.